The van der Waals surface area contributed by atoms with Gasteiger partial charge >= 0.3 is 5.97 Å². The van der Waals surface area contributed by atoms with Gasteiger partial charge in [-0.1, -0.05) is 18.2 Å². The van der Waals surface area contributed by atoms with Crippen molar-refractivity contribution in [2.24, 2.45) is 0 Å². The molecule has 0 bridgehead atoms. The van der Waals surface area contributed by atoms with Crippen molar-refractivity contribution in [3.8, 4) is 5.69 Å². The van der Waals surface area contributed by atoms with E-state index in [9.17, 15) is 9.59 Å². The lowest BCUT2D eigenvalue weighted by atomic mass is 10.1. The van der Waals surface area contributed by atoms with Gasteiger partial charge in [0, 0.05) is 25.0 Å². The minimum atomic E-state index is -0.867. The lowest BCUT2D eigenvalue weighted by molar-refractivity contribution is -0.00557. The average molecular weight is 442 g/mol. The Morgan fingerprint density at radius 2 is 1.81 bits per heavy atom. The van der Waals surface area contributed by atoms with E-state index in [1.807, 2.05) is 13.8 Å². The largest absolute Gasteiger partial charge is 0.462 e. The van der Waals surface area contributed by atoms with Gasteiger partial charge in [0.25, 0.3) is 0 Å². The van der Waals surface area contributed by atoms with Crippen LogP contribution in [0.2, 0.25) is 0 Å². The number of nitrogens with zero attached hydrogens (tertiary/aromatic N) is 2. The number of para-hydroxylation sites is 1. The number of esters is 1. The summed E-state index contributed by atoms with van der Waals surface area (Å²) in [5, 5.41) is -0.229. The van der Waals surface area contributed by atoms with Crippen LogP contribution in [0.4, 0.5) is 14.5 Å². The molecular formula is C24H24F2N2O4. The summed E-state index contributed by atoms with van der Waals surface area (Å²) in [6.07, 6.45) is 0.833. The summed E-state index contributed by atoms with van der Waals surface area (Å²) in [7, 11) is 0. The maximum Gasteiger partial charge on any atom is 0.343 e. The second-order valence-electron chi connectivity index (χ2n) is 7.88. The zero-order valence-corrected chi connectivity index (χ0v) is 18.1. The van der Waals surface area contributed by atoms with Crippen molar-refractivity contribution < 1.29 is 23.0 Å². The molecule has 0 radical (unpaired) electrons. The van der Waals surface area contributed by atoms with Gasteiger partial charge in [-0.05, 0) is 39.0 Å². The summed E-state index contributed by atoms with van der Waals surface area (Å²) in [5.74, 6) is -2.57. The fourth-order valence-electron chi connectivity index (χ4n) is 4.20. The molecule has 0 saturated carbocycles. The third kappa shape index (κ3) is 3.86. The first-order valence-electron chi connectivity index (χ1n) is 10.5. The van der Waals surface area contributed by atoms with E-state index >= 15 is 8.78 Å². The molecule has 2 unspecified atom stereocenters. The molecule has 3 aromatic rings. The summed E-state index contributed by atoms with van der Waals surface area (Å²) in [6.45, 7) is 5.97. The Balaban J connectivity index is 2.03. The van der Waals surface area contributed by atoms with Crippen molar-refractivity contribution in [2.75, 3.05) is 24.6 Å². The molecule has 1 aliphatic heterocycles. The number of morpholine rings is 1. The van der Waals surface area contributed by atoms with Gasteiger partial charge in [0.05, 0.1) is 29.7 Å². The second-order valence-corrected chi connectivity index (χ2v) is 7.88. The zero-order chi connectivity index (χ0) is 23.0. The van der Waals surface area contributed by atoms with E-state index in [0.29, 0.717) is 18.8 Å². The molecule has 0 N–H and O–H groups in total. The zero-order valence-electron chi connectivity index (χ0n) is 18.1. The highest BCUT2D eigenvalue weighted by Crippen LogP contribution is 2.33. The topological polar surface area (TPSA) is 60.8 Å². The number of benzene rings is 2. The minimum absolute atomic E-state index is 0.0662. The Labute approximate surface area is 184 Å². The molecular weight excluding hydrogens is 418 g/mol. The predicted octanol–water partition coefficient (Wildman–Crippen LogP) is 4.06. The van der Waals surface area contributed by atoms with E-state index in [-0.39, 0.29) is 41.0 Å². The second kappa shape index (κ2) is 8.70. The minimum Gasteiger partial charge on any atom is -0.462 e. The number of hydrogen-bond donors (Lipinski definition) is 0. The Morgan fingerprint density at radius 1 is 1.16 bits per heavy atom. The molecule has 2 aromatic carbocycles. The maximum absolute atomic E-state index is 16.0. The summed E-state index contributed by atoms with van der Waals surface area (Å²) in [5.41, 5.74) is -0.866. The van der Waals surface area contributed by atoms with Crippen molar-refractivity contribution in [3.05, 3.63) is 70.0 Å². The van der Waals surface area contributed by atoms with Crippen LogP contribution in [-0.4, -0.2) is 42.4 Å². The van der Waals surface area contributed by atoms with Gasteiger partial charge in [0.2, 0.25) is 5.43 Å². The number of fused-ring (bicyclic) bond motifs is 1. The van der Waals surface area contributed by atoms with Crippen LogP contribution < -0.4 is 10.3 Å². The summed E-state index contributed by atoms with van der Waals surface area (Å²) in [4.78, 5) is 27.0. The van der Waals surface area contributed by atoms with Crippen LogP contribution in [0.15, 0.2) is 47.4 Å². The average Bonchev–Trinajstić information content (AvgIpc) is 2.74. The highest BCUT2D eigenvalue weighted by molar-refractivity contribution is 5.95. The van der Waals surface area contributed by atoms with Crippen LogP contribution in [-0.2, 0) is 9.47 Å². The quantitative estimate of drug-likeness (QED) is 0.571. The van der Waals surface area contributed by atoms with Crippen molar-refractivity contribution in [3.63, 3.8) is 0 Å². The number of anilines is 1. The summed E-state index contributed by atoms with van der Waals surface area (Å²) >= 11 is 0. The molecule has 6 nitrogen and oxygen atoms in total. The first kappa shape index (κ1) is 22.0. The van der Waals surface area contributed by atoms with E-state index < -0.39 is 23.0 Å². The molecule has 1 saturated heterocycles. The van der Waals surface area contributed by atoms with Gasteiger partial charge in [-0.2, -0.15) is 0 Å². The van der Waals surface area contributed by atoms with E-state index in [1.54, 1.807) is 42.2 Å². The monoisotopic (exact) mass is 442 g/mol. The fraction of sp³-hybridized carbons (Fsp3) is 0.333. The molecule has 1 aromatic heterocycles. The number of pyridine rings is 1. The summed E-state index contributed by atoms with van der Waals surface area (Å²) in [6, 6.07) is 9.70. The van der Waals surface area contributed by atoms with E-state index in [4.69, 9.17) is 9.47 Å². The van der Waals surface area contributed by atoms with Crippen LogP contribution in [0.25, 0.3) is 16.6 Å². The van der Waals surface area contributed by atoms with Crippen LogP contribution >= 0.6 is 0 Å². The first-order chi connectivity index (χ1) is 15.3. The number of halogens is 2. The first-order valence-corrected chi connectivity index (χ1v) is 10.5. The highest BCUT2D eigenvalue weighted by atomic mass is 19.1. The van der Waals surface area contributed by atoms with E-state index in [1.165, 1.54) is 10.8 Å². The lowest BCUT2D eigenvalue weighted by Crippen LogP contribution is -2.46. The molecule has 2 atom stereocenters. The molecule has 0 amide bonds. The number of rotatable bonds is 4. The third-order valence-electron chi connectivity index (χ3n) is 5.42. The SMILES string of the molecule is CCOC(=O)c1cn(-c2ccccc2)c2c(F)c(N3CC(C)OC(C)C3)c(F)cc2c1=O. The van der Waals surface area contributed by atoms with Crippen molar-refractivity contribution >= 4 is 22.6 Å². The van der Waals surface area contributed by atoms with Crippen molar-refractivity contribution in [1.29, 1.82) is 0 Å². The number of carbonyl (C=O) groups excluding carboxylic acids is 1. The number of hydrogen-bond acceptors (Lipinski definition) is 5. The molecule has 2 heterocycles. The maximum atomic E-state index is 16.0. The molecule has 0 aliphatic carbocycles. The molecule has 1 fully saturated rings. The third-order valence-corrected chi connectivity index (χ3v) is 5.42. The normalized spacial score (nSPS) is 18.7. The molecule has 168 valence electrons. The molecule has 32 heavy (non-hydrogen) atoms. The van der Waals surface area contributed by atoms with Crippen molar-refractivity contribution in [1.82, 2.24) is 4.57 Å². The Bertz CT molecular complexity index is 1220. The van der Waals surface area contributed by atoms with E-state index in [2.05, 4.69) is 0 Å². The van der Waals surface area contributed by atoms with Crippen LogP contribution in [0, 0.1) is 11.6 Å². The number of aromatic nitrogens is 1. The standard InChI is InChI=1S/C24H24F2N2O4/c1-4-31-24(30)18-13-28(16-8-6-5-7-9-16)21-17(23(18)29)10-19(25)22(20(21)26)27-11-14(2)32-15(3)12-27/h5-10,13-15H,4,11-12H2,1-3H3. The van der Waals surface area contributed by atoms with Crippen LogP contribution in [0.1, 0.15) is 31.1 Å². The van der Waals surface area contributed by atoms with Gasteiger partial charge in [-0.3, -0.25) is 4.79 Å². The number of ether oxygens (including phenoxy) is 2. The molecule has 4 rings (SSSR count). The van der Waals surface area contributed by atoms with Gasteiger partial charge < -0.3 is 18.9 Å². The Hall–Kier alpha value is -3.26. The Morgan fingerprint density at radius 3 is 2.44 bits per heavy atom. The van der Waals surface area contributed by atoms with Crippen LogP contribution in [0.5, 0.6) is 0 Å². The van der Waals surface area contributed by atoms with Crippen LogP contribution in [0.3, 0.4) is 0 Å². The fourth-order valence-corrected chi connectivity index (χ4v) is 4.20. The Kier molecular flexibility index (Phi) is 5.97. The number of carbonyl (C=O) groups is 1. The molecule has 1 aliphatic rings. The highest BCUT2D eigenvalue weighted by Gasteiger charge is 2.30. The van der Waals surface area contributed by atoms with Gasteiger partial charge in [0.15, 0.2) is 5.82 Å². The van der Waals surface area contributed by atoms with Gasteiger partial charge in [0.1, 0.15) is 17.1 Å². The molecule has 0 spiro atoms. The van der Waals surface area contributed by atoms with E-state index in [0.717, 1.165) is 6.07 Å². The lowest BCUT2D eigenvalue weighted by Gasteiger charge is -2.37. The van der Waals surface area contributed by atoms with Crippen molar-refractivity contribution in [2.45, 2.75) is 33.0 Å². The van der Waals surface area contributed by atoms with Gasteiger partial charge in [-0.15, -0.1) is 0 Å². The smallest absolute Gasteiger partial charge is 0.343 e. The molecule has 8 heteroatoms. The predicted molar refractivity (Wildman–Crippen MR) is 118 cm³/mol. The summed E-state index contributed by atoms with van der Waals surface area (Å²) < 4.78 is 43.3. The van der Waals surface area contributed by atoms with Gasteiger partial charge in [-0.25, -0.2) is 13.6 Å².